The first-order chi connectivity index (χ1) is 7.16. The highest BCUT2D eigenvalue weighted by Crippen LogP contribution is 2.14. The maximum absolute atomic E-state index is 10.8. The average molecular weight is 206 g/mol. The lowest BCUT2D eigenvalue weighted by Crippen LogP contribution is -2.21. The Morgan fingerprint density at radius 3 is 2.73 bits per heavy atom. The van der Waals surface area contributed by atoms with E-state index in [2.05, 4.69) is 20.7 Å². The molecule has 0 fully saturated rings. The molecule has 0 aliphatic heterocycles. The van der Waals surface area contributed by atoms with Crippen LogP contribution < -0.4 is 5.32 Å². The third-order valence-corrected chi connectivity index (χ3v) is 1.77. The van der Waals surface area contributed by atoms with Crippen molar-refractivity contribution in [3.8, 4) is 0 Å². The normalized spacial score (nSPS) is 10.1. The van der Waals surface area contributed by atoms with Crippen molar-refractivity contribution in [1.82, 2.24) is 15.4 Å². The van der Waals surface area contributed by atoms with Gasteiger partial charge < -0.3 is 10.4 Å². The second kappa shape index (κ2) is 3.37. The fourth-order valence-electron chi connectivity index (χ4n) is 1.10. The first kappa shape index (κ1) is 9.13. The molecule has 0 atom stereocenters. The summed E-state index contributed by atoms with van der Waals surface area (Å²) in [5.41, 5.74) is 1.56. The van der Waals surface area contributed by atoms with Crippen molar-refractivity contribution in [2.75, 3.05) is 5.32 Å². The van der Waals surface area contributed by atoms with Crippen molar-refractivity contribution >= 4 is 28.6 Å². The Balaban J connectivity index is 2.28. The summed E-state index contributed by atoms with van der Waals surface area (Å²) in [5, 5.41) is 20.6. The number of fused-ring (bicyclic) bond motifs is 1. The van der Waals surface area contributed by atoms with E-state index < -0.39 is 11.9 Å². The Labute approximate surface area is 83.1 Å². The molecule has 0 spiro atoms. The number of carboxylic acids is 1. The Hall–Kier alpha value is -2.44. The fourth-order valence-corrected chi connectivity index (χ4v) is 1.10. The standard InChI is InChI=1S/C8H6N4O3/c13-7(8(14)15)9-4-1-2-5-6(3-4)11-12-10-5/h1-3H,(H,9,13)(H,14,15)(H,10,11,12). The first-order valence-electron chi connectivity index (χ1n) is 4.01. The number of aromatic nitrogens is 3. The van der Waals surface area contributed by atoms with Crippen LogP contribution >= 0.6 is 0 Å². The van der Waals surface area contributed by atoms with E-state index in [1.807, 2.05) is 0 Å². The number of rotatable bonds is 1. The number of nitrogens with zero attached hydrogens (tertiary/aromatic N) is 2. The highest BCUT2D eigenvalue weighted by atomic mass is 16.4. The van der Waals surface area contributed by atoms with Crippen LogP contribution in [0.1, 0.15) is 0 Å². The van der Waals surface area contributed by atoms with Crippen molar-refractivity contribution in [2.45, 2.75) is 0 Å². The number of anilines is 1. The summed E-state index contributed by atoms with van der Waals surface area (Å²) in [4.78, 5) is 21.1. The molecule has 7 heteroatoms. The number of nitrogens with one attached hydrogen (secondary N) is 2. The summed E-state index contributed by atoms with van der Waals surface area (Å²) in [6.45, 7) is 0. The number of aliphatic carboxylic acids is 1. The highest BCUT2D eigenvalue weighted by Gasteiger charge is 2.11. The first-order valence-corrected chi connectivity index (χ1v) is 4.01. The number of aromatic amines is 1. The molecule has 2 aromatic rings. The van der Waals surface area contributed by atoms with E-state index in [0.29, 0.717) is 16.7 Å². The van der Waals surface area contributed by atoms with Gasteiger partial charge in [-0.25, -0.2) is 4.79 Å². The van der Waals surface area contributed by atoms with Gasteiger partial charge in [-0.05, 0) is 18.2 Å². The molecule has 2 rings (SSSR count). The summed E-state index contributed by atoms with van der Waals surface area (Å²) < 4.78 is 0. The maximum Gasteiger partial charge on any atom is 0.394 e. The van der Waals surface area contributed by atoms with Crippen LogP contribution in [0.4, 0.5) is 5.69 Å². The van der Waals surface area contributed by atoms with E-state index in [1.54, 1.807) is 12.1 Å². The molecule has 1 heterocycles. The average Bonchev–Trinajstić information content (AvgIpc) is 2.64. The lowest BCUT2D eigenvalue weighted by molar-refractivity contribution is -0.147. The fraction of sp³-hybridized carbons (Fsp3) is 0. The van der Waals surface area contributed by atoms with Gasteiger partial charge in [0, 0.05) is 5.69 Å². The molecule has 15 heavy (non-hydrogen) atoms. The van der Waals surface area contributed by atoms with Crippen LogP contribution in [-0.2, 0) is 9.59 Å². The molecule has 0 saturated carbocycles. The van der Waals surface area contributed by atoms with Gasteiger partial charge in [0.1, 0.15) is 11.0 Å². The van der Waals surface area contributed by atoms with E-state index in [0.717, 1.165) is 0 Å². The number of hydrogen-bond acceptors (Lipinski definition) is 4. The zero-order chi connectivity index (χ0) is 10.8. The minimum atomic E-state index is -1.53. The summed E-state index contributed by atoms with van der Waals surface area (Å²) in [6.07, 6.45) is 0. The van der Waals surface area contributed by atoms with Gasteiger partial charge in [-0.15, -0.1) is 0 Å². The van der Waals surface area contributed by atoms with Crippen molar-refractivity contribution < 1.29 is 14.7 Å². The number of amides is 1. The number of benzene rings is 1. The molecule has 0 radical (unpaired) electrons. The topological polar surface area (TPSA) is 108 Å². The molecule has 7 nitrogen and oxygen atoms in total. The van der Waals surface area contributed by atoms with E-state index in [4.69, 9.17) is 5.11 Å². The summed E-state index contributed by atoms with van der Waals surface area (Å²) in [5.74, 6) is -2.62. The summed E-state index contributed by atoms with van der Waals surface area (Å²) >= 11 is 0. The zero-order valence-electron chi connectivity index (χ0n) is 7.39. The quantitative estimate of drug-likeness (QED) is 0.568. The molecule has 3 N–H and O–H groups in total. The van der Waals surface area contributed by atoms with Crippen molar-refractivity contribution in [2.24, 2.45) is 0 Å². The molecule has 0 bridgehead atoms. The van der Waals surface area contributed by atoms with Gasteiger partial charge >= 0.3 is 11.9 Å². The highest BCUT2D eigenvalue weighted by molar-refractivity contribution is 6.36. The SMILES string of the molecule is O=C(O)C(=O)Nc1ccc2n[nH]nc2c1. The largest absolute Gasteiger partial charge is 0.474 e. The Morgan fingerprint density at radius 1 is 1.27 bits per heavy atom. The van der Waals surface area contributed by atoms with Crippen LogP contribution in [0.3, 0.4) is 0 Å². The summed E-state index contributed by atoms with van der Waals surface area (Å²) in [6, 6.07) is 4.70. The van der Waals surface area contributed by atoms with E-state index in [9.17, 15) is 9.59 Å². The molecule has 0 unspecified atom stereocenters. The number of H-pyrrole nitrogens is 1. The second-order valence-corrected chi connectivity index (χ2v) is 2.79. The predicted molar refractivity (Wildman–Crippen MR) is 50.2 cm³/mol. The summed E-state index contributed by atoms with van der Waals surface area (Å²) in [7, 11) is 0. The van der Waals surface area contributed by atoms with E-state index in [-0.39, 0.29) is 0 Å². The van der Waals surface area contributed by atoms with Gasteiger partial charge in [-0.3, -0.25) is 4.79 Å². The lowest BCUT2D eigenvalue weighted by atomic mass is 10.3. The van der Waals surface area contributed by atoms with Gasteiger partial charge in [0.2, 0.25) is 0 Å². The molecular formula is C8H6N4O3. The molecule has 76 valence electrons. The number of carbonyl (C=O) groups is 2. The number of carbonyl (C=O) groups excluding carboxylic acids is 1. The van der Waals surface area contributed by atoms with E-state index >= 15 is 0 Å². The van der Waals surface area contributed by atoms with Gasteiger partial charge in [0.15, 0.2) is 0 Å². The molecule has 0 aliphatic carbocycles. The minimum absolute atomic E-state index is 0.365. The van der Waals surface area contributed by atoms with Crippen LogP contribution in [0, 0.1) is 0 Å². The third kappa shape index (κ3) is 1.75. The Bertz CT molecular complexity index is 533. The van der Waals surface area contributed by atoms with Crippen LogP contribution in [0.2, 0.25) is 0 Å². The van der Waals surface area contributed by atoms with Crippen LogP contribution in [0.25, 0.3) is 11.0 Å². The monoisotopic (exact) mass is 206 g/mol. The minimum Gasteiger partial charge on any atom is -0.474 e. The molecular weight excluding hydrogens is 200 g/mol. The van der Waals surface area contributed by atoms with Crippen LogP contribution in [0.15, 0.2) is 18.2 Å². The zero-order valence-corrected chi connectivity index (χ0v) is 7.39. The molecule has 0 aliphatic rings. The predicted octanol–water partition coefficient (Wildman–Crippen LogP) is -0.0190. The van der Waals surface area contributed by atoms with Crippen molar-refractivity contribution in [3.63, 3.8) is 0 Å². The molecule has 1 aromatic carbocycles. The molecule has 1 aromatic heterocycles. The van der Waals surface area contributed by atoms with Gasteiger partial charge in [-0.1, -0.05) is 0 Å². The molecule has 0 saturated heterocycles. The Morgan fingerprint density at radius 2 is 2.00 bits per heavy atom. The second-order valence-electron chi connectivity index (χ2n) is 2.79. The van der Waals surface area contributed by atoms with Gasteiger partial charge in [-0.2, -0.15) is 15.4 Å². The van der Waals surface area contributed by atoms with Crippen molar-refractivity contribution in [1.29, 1.82) is 0 Å². The number of carboxylic acid groups (broad SMARTS) is 1. The van der Waals surface area contributed by atoms with Crippen LogP contribution in [-0.4, -0.2) is 32.4 Å². The van der Waals surface area contributed by atoms with Crippen molar-refractivity contribution in [3.05, 3.63) is 18.2 Å². The van der Waals surface area contributed by atoms with Gasteiger partial charge in [0.25, 0.3) is 0 Å². The van der Waals surface area contributed by atoms with Crippen LogP contribution in [0.5, 0.6) is 0 Å². The van der Waals surface area contributed by atoms with E-state index in [1.165, 1.54) is 6.07 Å². The maximum atomic E-state index is 10.8. The van der Waals surface area contributed by atoms with Gasteiger partial charge in [0.05, 0.1) is 0 Å². The Kier molecular flexibility index (Phi) is 2.05. The number of hydrogen-bond donors (Lipinski definition) is 3. The smallest absolute Gasteiger partial charge is 0.394 e. The molecule has 1 amide bonds. The third-order valence-electron chi connectivity index (χ3n) is 1.77. The lowest BCUT2D eigenvalue weighted by Gasteiger charge is -2.00.